The van der Waals surface area contributed by atoms with E-state index >= 15 is 0 Å². The number of aryl methyl sites for hydroxylation is 1. The van der Waals surface area contributed by atoms with E-state index in [-0.39, 0.29) is 22.8 Å². The lowest BCUT2D eigenvalue weighted by molar-refractivity contribution is -0.161. The van der Waals surface area contributed by atoms with Crippen molar-refractivity contribution in [2.24, 2.45) is 5.92 Å². The molecule has 1 saturated heterocycles. The van der Waals surface area contributed by atoms with Crippen LogP contribution >= 0.6 is 23.4 Å². The molecule has 0 radical (unpaired) electrons. The molecule has 0 aromatic carbocycles. The van der Waals surface area contributed by atoms with Crippen LogP contribution in [-0.2, 0) is 9.59 Å². The Hall–Kier alpha value is -1.64. The number of fused-ring (bicyclic) bond motifs is 1. The second-order valence-electron chi connectivity index (χ2n) is 5.54. The molecule has 0 saturated carbocycles. The number of halogens is 1. The monoisotopic (exact) mass is 355 g/mol. The van der Waals surface area contributed by atoms with E-state index in [4.69, 9.17) is 11.6 Å². The Morgan fingerprint density at radius 1 is 1.52 bits per heavy atom. The van der Waals surface area contributed by atoms with Crippen molar-refractivity contribution in [2.45, 2.75) is 37.6 Å². The van der Waals surface area contributed by atoms with Gasteiger partial charge in [0.15, 0.2) is 5.16 Å². The summed E-state index contributed by atoms with van der Waals surface area (Å²) >= 11 is 6.99. The Bertz CT molecular complexity index is 716. The van der Waals surface area contributed by atoms with Crippen molar-refractivity contribution in [3.8, 4) is 0 Å². The minimum absolute atomic E-state index is 0.0527. The van der Waals surface area contributed by atoms with Crippen molar-refractivity contribution in [3.05, 3.63) is 27.5 Å². The predicted octanol–water partition coefficient (Wildman–Crippen LogP) is 1.44. The van der Waals surface area contributed by atoms with Gasteiger partial charge in [-0.25, -0.2) is 14.8 Å². The molecule has 2 aliphatic heterocycles. The smallest absolute Gasteiger partial charge is 0.353 e. The summed E-state index contributed by atoms with van der Waals surface area (Å²) in [6.45, 7) is 3.30. The molecule has 1 aromatic heterocycles. The average molecular weight is 356 g/mol. The van der Waals surface area contributed by atoms with Gasteiger partial charge in [-0.05, 0) is 19.9 Å². The van der Waals surface area contributed by atoms with E-state index in [0.717, 1.165) is 11.8 Å². The number of hydrogen-bond donors (Lipinski definition) is 2. The third-order valence-corrected chi connectivity index (χ3v) is 5.07. The highest BCUT2D eigenvalue weighted by molar-refractivity contribution is 8.03. The van der Waals surface area contributed by atoms with Crippen LogP contribution in [0.3, 0.4) is 0 Å². The number of β-lactam (4-membered cyclic amide) rings is 1. The number of hydrogen-bond acceptors (Lipinski definition) is 6. The maximum absolute atomic E-state index is 12.1. The van der Waals surface area contributed by atoms with Crippen molar-refractivity contribution in [1.82, 2.24) is 14.9 Å². The van der Waals surface area contributed by atoms with Crippen LogP contribution < -0.4 is 0 Å². The Kier molecular flexibility index (Phi) is 4.07. The molecule has 122 valence electrons. The van der Waals surface area contributed by atoms with Gasteiger partial charge in [0.2, 0.25) is 5.91 Å². The fourth-order valence-corrected chi connectivity index (χ4v) is 4.36. The molecule has 9 heteroatoms. The molecular weight excluding hydrogens is 342 g/mol. The molecule has 1 aromatic rings. The number of aliphatic hydroxyl groups is 1. The first-order valence-electron chi connectivity index (χ1n) is 6.96. The molecular formula is C14H14ClN3O4S. The molecule has 1 amide bonds. The van der Waals surface area contributed by atoms with Gasteiger partial charge in [-0.15, -0.1) is 0 Å². The molecule has 7 nitrogen and oxygen atoms in total. The fraction of sp³-hybridized carbons (Fsp3) is 0.429. The fourth-order valence-electron chi connectivity index (χ4n) is 2.98. The molecule has 23 heavy (non-hydrogen) atoms. The second kappa shape index (κ2) is 5.77. The summed E-state index contributed by atoms with van der Waals surface area (Å²) in [6, 6.07) is 1.28. The number of carbonyl (C=O) groups is 2. The second-order valence-corrected chi connectivity index (χ2v) is 6.99. The highest BCUT2D eigenvalue weighted by atomic mass is 35.5. The van der Waals surface area contributed by atoms with Gasteiger partial charge in [0.05, 0.1) is 18.1 Å². The van der Waals surface area contributed by atoms with Crippen LogP contribution in [0, 0.1) is 12.8 Å². The number of nitrogens with zero attached hydrogens (tertiary/aromatic N) is 3. The minimum Gasteiger partial charge on any atom is -0.477 e. The number of thioether (sulfide) groups is 1. The molecule has 1 fully saturated rings. The first-order valence-corrected chi connectivity index (χ1v) is 8.15. The molecule has 0 unspecified atom stereocenters. The van der Waals surface area contributed by atoms with Crippen LogP contribution in [0.5, 0.6) is 0 Å². The lowest BCUT2D eigenvalue weighted by Gasteiger charge is -2.44. The van der Waals surface area contributed by atoms with Crippen molar-refractivity contribution in [1.29, 1.82) is 0 Å². The predicted molar refractivity (Wildman–Crippen MR) is 82.7 cm³/mol. The van der Waals surface area contributed by atoms with Crippen LogP contribution in [0.4, 0.5) is 0 Å². The zero-order chi connectivity index (χ0) is 16.9. The van der Waals surface area contributed by atoms with Crippen LogP contribution in [-0.4, -0.2) is 49.1 Å². The Balaban J connectivity index is 1.92. The maximum atomic E-state index is 12.1. The van der Waals surface area contributed by atoms with E-state index in [9.17, 15) is 19.8 Å². The van der Waals surface area contributed by atoms with Crippen LogP contribution in [0.25, 0.3) is 0 Å². The zero-order valence-corrected chi connectivity index (χ0v) is 13.9. The Morgan fingerprint density at radius 2 is 2.22 bits per heavy atom. The number of rotatable bonds is 4. The number of aromatic nitrogens is 2. The largest absolute Gasteiger partial charge is 0.477 e. The van der Waals surface area contributed by atoms with E-state index in [2.05, 4.69) is 9.97 Å². The third kappa shape index (κ3) is 2.71. The number of carboxylic acid groups (broad SMARTS) is 1. The van der Waals surface area contributed by atoms with Gasteiger partial charge in [-0.3, -0.25) is 4.79 Å². The van der Waals surface area contributed by atoms with Crippen molar-refractivity contribution in [2.75, 3.05) is 0 Å². The molecule has 0 aliphatic carbocycles. The zero-order valence-electron chi connectivity index (χ0n) is 12.4. The lowest BCUT2D eigenvalue weighted by atomic mass is 9.83. The van der Waals surface area contributed by atoms with Crippen LogP contribution in [0.15, 0.2) is 21.8 Å². The SMILES string of the molecule is Cc1cc(Cl)nc(SC2=C(C(=O)O)N3C(=O)[C@H]([C@H](C)O)[C@H]3C2)n1. The lowest BCUT2D eigenvalue weighted by Crippen LogP contribution is -2.61. The van der Waals surface area contributed by atoms with Gasteiger partial charge >= 0.3 is 5.97 Å². The quantitative estimate of drug-likeness (QED) is 0.478. The summed E-state index contributed by atoms with van der Waals surface area (Å²) in [5.74, 6) is -2.10. The summed E-state index contributed by atoms with van der Waals surface area (Å²) < 4.78 is 0. The molecule has 0 spiro atoms. The number of amides is 1. The van der Waals surface area contributed by atoms with Gasteiger partial charge in [0.25, 0.3) is 0 Å². The first kappa shape index (κ1) is 16.2. The van der Waals surface area contributed by atoms with E-state index in [1.54, 1.807) is 13.0 Å². The standard InChI is InChI=1S/C14H14ClN3O4S/c1-5-3-9(15)17-14(16-5)23-8-4-7-10(6(2)19)12(20)18(7)11(8)13(21)22/h3,6-7,10,19H,4H2,1-2H3,(H,21,22)/t6-,7+,10+/m0/s1. The van der Waals surface area contributed by atoms with Gasteiger partial charge in [-0.1, -0.05) is 23.4 Å². The summed E-state index contributed by atoms with van der Waals surface area (Å²) in [6.07, 6.45) is -0.449. The van der Waals surface area contributed by atoms with Crippen LogP contribution in [0.2, 0.25) is 5.15 Å². The maximum Gasteiger partial charge on any atom is 0.353 e. The Morgan fingerprint density at radius 3 is 2.78 bits per heavy atom. The number of carboxylic acids is 1. The molecule has 3 atom stereocenters. The highest BCUT2D eigenvalue weighted by Gasteiger charge is 2.56. The normalized spacial score (nSPS) is 24.5. The van der Waals surface area contributed by atoms with Crippen molar-refractivity contribution in [3.63, 3.8) is 0 Å². The summed E-state index contributed by atoms with van der Waals surface area (Å²) in [7, 11) is 0. The Labute approximate surface area is 141 Å². The summed E-state index contributed by atoms with van der Waals surface area (Å²) in [5, 5.41) is 19.8. The molecule has 0 bridgehead atoms. The highest BCUT2D eigenvalue weighted by Crippen LogP contribution is 2.48. The topological polar surface area (TPSA) is 104 Å². The number of carbonyl (C=O) groups excluding carboxylic acids is 1. The van der Waals surface area contributed by atoms with Gasteiger partial charge in [-0.2, -0.15) is 0 Å². The minimum atomic E-state index is -1.17. The average Bonchev–Trinajstić information content (AvgIpc) is 2.71. The van der Waals surface area contributed by atoms with Gasteiger partial charge in [0.1, 0.15) is 10.9 Å². The van der Waals surface area contributed by atoms with E-state index in [1.165, 1.54) is 11.8 Å². The third-order valence-electron chi connectivity index (χ3n) is 3.91. The number of aliphatic carboxylic acids is 1. The van der Waals surface area contributed by atoms with E-state index < -0.39 is 18.0 Å². The molecule has 2 N–H and O–H groups in total. The van der Waals surface area contributed by atoms with Crippen molar-refractivity contribution >= 4 is 35.2 Å². The summed E-state index contributed by atoms with van der Waals surface area (Å²) in [5.41, 5.74) is 0.618. The molecule has 3 rings (SSSR count). The van der Waals surface area contributed by atoms with E-state index in [1.807, 2.05) is 0 Å². The molecule has 2 aliphatic rings. The van der Waals surface area contributed by atoms with E-state index in [0.29, 0.717) is 22.2 Å². The van der Waals surface area contributed by atoms with Crippen LogP contribution in [0.1, 0.15) is 19.0 Å². The molecule has 3 heterocycles. The van der Waals surface area contributed by atoms with Crippen molar-refractivity contribution < 1.29 is 19.8 Å². The summed E-state index contributed by atoms with van der Waals surface area (Å²) in [4.78, 5) is 33.7. The first-order chi connectivity index (χ1) is 10.8. The van der Waals surface area contributed by atoms with Gasteiger partial charge < -0.3 is 15.1 Å². The van der Waals surface area contributed by atoms with Gasteiger partial charge in [0, 0.05) is 17.0 Å². The number of aliphatic hydroxyl groups excluding tert-OH is 1.